The van der Waals surface area contributed by atoms with Crippen LogP contribution < -0.4 is 5.32 Å². The van der Waals surface area contributed by atoms with E-state index in [0.29, 0.717) is 6.67 Å². The van der Waals surface area contributed by atoms with Gasteiger partial charge in [-0.25, -0.2) is 4.98 Å². The van der Waals surface area contributed by atoms with Crippen LogP contribution >= 0.6 is 15.9 Å². The third-order valence-electron chi connectivity index (χ3n) is 3.13. The molecule has 0 aliphatic heterocycles. The van der Waals surface area contributed by atoms with Gasteiger partial charge in [-0.2, -0.15) is 0 Å². The average Bonchev–Trinajstić information content (AvgIpc) is 2.74. The molecule has 3 nitrogen and oxygen atoms in total. The SMILES string of the molecule is Cc1nc2ccccc2n1CNc1ccc(Br)cc1. The van der Waals surface area contributed by atoms with Crippen LogP contribution in [0.2, 0.25) is 0 Å². The van der Waals surface area contributed by atoms with Crippen molar-refractivity contribution in [1.29, 1.82) is 0 Å². The molecule has 1 N–H and O–H groups in total. The first kappa shape index (κ1) is 12.2. The number of aryl methyl sites for hydroxylation is 1. The highest BCUT2D eigenvalue weighted by Crippen LogP contribution is 2.17. The van der Waals surface area contributed by atoms with Gasteiger partial charge in [0.25, 0.3) is 0 Å². The molecule has 0 saturated carbocycles. The number of imidazole rings is 1. The largest absolute Gasteiger partial charge is 0.367 e. The molecule has 1 aromatic heterocycles. The summed E-state index contributed by atoms with van der Waals surface area (Å²) < 4.78 is 3.26. The molecule has 0 bridgehead atoms. The highest BCUT2D eigenvalue weighted by molar-refractivity contribution is 9.10. The minimum Gasteiger partial charge on any atom is -0.367 e. The van der Waals surface area contributed by atoms with Crippen LogP contribution in [0.1, 0.15) is 5.82 Å². The lowest BCUT2D eigenvalue weighted by atomic mass is 10.3. The summed E-state index contributed by atoms with van der Waals surface area (Å²) in [5, 5.41) is 3.41. The lowest BCUT2D eigenvalue weighted by Gasteiger charge is -2.10. The molecule has 1 heterocycles. The molecule has 3 rings (SSSR count). The number of halogens is 1. The second-order valence-corrected chi connectivity index (χ2v) is 5.33. The fraction of sp³-hybridized carbons (Fsp3) is 0.133. The number of nitrogens with one attached hydrogen (secondary N) is 1. The van der Waals surface area contributed by atoms with Gasteiger partial charge in [0.2, 0.25) is 0 Å². The predicted octanol–water partition coefficient (Wildman–Crippen LogP) is 4.18. The van der Waals surface area contributed by atoms with Gasteiger partial charge < -0.3 is 9.88 Å². The van der Waals surface area contributed by atoms with Crippen LogP contribution in [0.5, 0.6) is 0 Å². The van der Waals surface area contributed by atoms with Crippen molar-refractivity contribution in [3.05, 3.63) is 58.8 Å². The quantitative estimate of drug-likeness (QED) is 0.786. The van der Waals surface area contributed by atoms with Gasteiger partial charge in [0.15, 0.2) is 0 Å². The van der Waals surface area contributed by atoms with Gasteiger partial charge in [0, 0.05) is 10.2 Å². The molecule has 0 unspecified atom stereocenters. The normalized spacial score (nSPS) is 10.8. The van der Waals surface area contributed by atoms with Crippen LogP contribution in [-0.4, -0.2) is 9.55 Å². The second kappa shape index (κ2) is 5.05. The van der Waals surface area contributed by atoms with E-state index < -0.39 is 0 Å². The van der Waals surface area contributed by atoms with Gasteiger partial charge in [0.1, 0.15) is 5.82 Å². The van der Waals surface area contributed by atoms with E-state index in [4.69, 9.17) is 0 Å². The summed E-state index contributed by atoms with van der Waals surface area (Å²) in [4.78, 5) is 4.55. The van der Waals surface area contributed by atoms with Crippen LogP contribution in [0.15, 0.2) is 53.0 Å². The summed E-state index contributed by atoms with van der Waals surface area (Å²) in [6, 6.07) is 16.4. The van der Waals surface area contributed by atoms with E-state index in [-0.39, 0.29) is 0 Å². The van der Waals surface area contributed by atoms with Crippen molar-refractivity contribution in [2.45, 2.75) is 13.6 Å². The number of rotatable bonds is 3. The van der Waals surface area contributed by atoms with Crippen LogP contribution in [0, 0.1) is 6.92 Å². The molecule has 19 heavy (non-hydrogen) atoms. The highest BCUT2D eigenvalue weighted by Gasteiger charge is 2.05. The third kappa shape index (κ3) is 2.49. The number of benzene rings is 2. The predicted molar refractivity (Wildman–Crippen MR) is 82.2 cm³/mol. The number of nitrogens with zero attached hydrogens (tertiary/aromatic N) is 2. The Morgan fingerprint density at radius 3 is 2.63 bits per heavy atom. The van der Waals surface area contributed by atoms with Crippen molar-refractivity contribution in [3.8, 4) is 0 Å². The van der Waals surface area contributed by atoms with Crippen LogP contribution in [0.4, 0.5) is 5.69 Å². The fourth-order valence-electron chi connectivity index (χ4n) is 2.13. The lowest BCUT2D eigenvalue weighted by molar-refractivity contribution is 0.765. The Morgan fingerprint density at radius 1 is 1.11 bits per heavy atom. The minimum absolute atomic E-state index is 0.716. The van der Waals surface area contributed by atoms with Gasteiger partial charge in [0.05, 0.1) is 17.7 Å². The Morgan fingerprint density at radius 2 is 1.84 bits per heavy atom. The zero-order chi connectivity index (χ0) is 13.2. The van der Waals surface area contributed by atoms with E-state index in [1.807, 2.05) is 37.3 Å². The van der Waals surface area contributed by atoms with Crippen LogP contribution in [0.3, 0.4) is 0 Å². The third-order valence-corrected chi connectivity index (χ3v) is 3.66. The fourth-order valence-corrected chi connectivity index (χ4v) is 2.40. The maximum absolute atomic E-state index is 4.55. The van der Waals surface area contributed by atoms with E-state index in [0.717, 1.165) is 27.0 Å². The van der Waals surface area contributed by atoms with E-state index >= 15 is 0 Å². The first-order chi connectivity index (χ1) is 9.24. The summed E-state index contributed by atoms with van der Waals surface area (Å²) in [6.07, 6.45) is 0. The smallest absolute Gasteiger partial charge is 0.108 e. The summed E-state index contributed by atoms with van der Waals surface area (Å²) in [7, 11) is 0. The topological polar surface area (TPSA) is 29.9 Å². The number of anilines is 1. The Labute approximate surface area is 120 Å². The summed E-state index contributed by atoms with van der Waals surface area (Å²) in [5.74, 6) is 1.02. The zero-order valence-electron chi connectivity index (χ0n) is 10.6. The molecular formula is C15H14BrN3. The first-order valence-electron chi connectivity index (χ1n) is 6.15. The van der Waals surface area contributed by atoms with Gasteiger partial charge in [-0.3, -0.25) is 0 Å². The number of hydrogen-bond acceptors (Lipinski definition) is 2. The molecule has 0 aliphatic rings. The Kier molecular flexibility index (Phi) is 3.25. The minimum atomic E-state index is 0.716. The lowest BCUT2D eigenvalue weighted by Crippen LogP contribution is -2.09. The maximum atomic E-state index is 4.55. The van der Waals surface area contributed by atoms with E-state index in [2.05, 4.69) is 49.0 Å². The van der Waals surface area contributed by atoms with E-state index in [1.54, 1.807) is 0 Å². The summed E-state index contributed by atoms with van der Waals surface area (Å²) in [6.45, 7) is 2.75. The van der Waals surface area contributed by atoms with Gasteiger partial charge in [-0.05, 0) is 43.3 Å². The molecule has 0 spiro atoms. The number of fused-ring (bicyclic) bond motifs is 1. The van der Waals surface area contributed by atoms with Crippen molar-refractivity contribution in [3.63, 3.8) is 0 Å². The maximum Gasteiger partial charge on any atom is 0.108 e. The Bertz CT molecular complexity index is 701. The van der Waals surface area contributed by atoms with Crippen molar-refractivity contribution >= 4 is 32.7 Å². The molecule has 2 aromatic carbocycles. The summed E-state index contributed by atoms with van der Waals surface area (Å²) in [5.41, 5.74) is 3.29. The molecule has 0 aliphatic carbocycles. The highest BCUT2D eigenvalue weighted by atomic mass is 79.9. The van der Waals surface area contributed by atoms with Crippen LogP contribution in [0.25, 0.3) is 11.0 Å². The zero-order valence-corrected chi connectivity index (χ0v) is 12.2. The molecule has 0 amide bonds. The summed E-state index contributed by atoms with van der Waals surface area (Å²) >= 11 is 3.44. The number of aromatic nitrogens is 2. The van der Waals surface area contributed by atoms with Crippen molar-refractivity contribution < 1.29 is 0 Å². The van der Waals surface area contributed by atoms with Crippen LogP contribution in [-0.2, 0) is 6.67 Å². The monoisotopic (exact) mass is 315 g/mol. The molecule has 96 valence electrons. The molecule has 3 aromatic rings. The van der Waals surface area contributed by atoms with Gasteiger partial charge in [-0.1, -0.05) is 28.1 Å². The molecule has 0 fully saturated rings. The van der Waals surface area contributed by atoms with E-state index in [9.17, 15) is 0 Å². The molecule has 0 radical (unpaired) electrons. The van der Waals surface area contributed by atoms with E-state index in [1.165, 1.54) is 0 Å². The molecule has 4 heteroatoms. The Balaban J connectivity index is 1.85. The van der Waals surface area contributed by atoms with Crippen molar-refractivity contribution in [2.24, 2.45) is 0 Å². The Hall–Kier alpha value is -1.81. The van der Waals surface area contributed by atoms with Gasteiger partial charge >= 0.3 is 0 Å². The van der Waals surface area contributed by atoms with Crippen molar-refractivity contribution in [2.75, 3.05) is 5.32 Å². The molecule has 0 atom stereocenters. The van der Waals surface area contributed by atoms with Gasteiger partial charge in [-0.15, -0.1) is 0 Å². The molecular weight excluding hydrogens is 302 g/mol. The average molecular weight is 316 g/mol. The number of hydrogen-bond donors (Lipinski definition) is 1. The molecule has 0 saturated heterocycles. The van der Waals surface area contributed by atoms with Crippen molar-refractivity contribution in [1.82, 2.24) is 9.55 Å². The second-order valence-electron chi connectivity index (χ2n) is 4.42. The number of para-hydroxylation sites is 2. The first-order valence-corrected chi connectivity index (χ1v) is 6.94. The standard InChI is InChI=1S/C15H14BrN3/c1-11-18-14-4-2-3-5-15(14)19(11)10-17-13-8-6-12(16)7-9-13/h2-9,17H,10H2,1H3.